The second-order valence-corrected chi connectivity index (χ2v) is 6.21. The van der Waals surface area contributed by atoms with Gasteiger partial charge in [-0.05, 0) is 48.7 Å². The number of likely N-dealkylation sites (tertiary alicyclic amines) is 1. The third-order valence-electron chi connectivity index (χ3n) is 4.40. The number of rotatable bonds is 3. The van der Waals surface area contributed by atoms with Crippen molar-refractivity contribution in [2.75, 3.05) is 19.6 Å². The smallest absolute Gasteiger partial charge is 0.168 e. The number of hydrogen-bond acceptors (Lipinski definition) is 1. The van der Waals surface area contributed by atoms with E-state index >= 15 is 0 Å². The van der Waals surface area contributed by atoms with Crippen molar-refractivity contribution in [2.24, 2.45) is 5.92 Å². The lowest BCUT2D eigenvalue weighted by Gasteiger charge is -2.24. The van der Waals surface area contributed by atoms with Gasteiger partial charge in [-0.1, -0.05) is 6.92 Å². The predicted molar refractivity (Wildman–Crippen MR) is 78.6 cm³/mol. The van der Waals surface area contributed by atoms with Gasteiger partial charge in [0.1, 0.15) is 11.6 Å². The molecule has 108 valence electrons. The van der Waals surface area contributed by atoms with Gasteiger partial charge in [-0.2, -0.15) is 0 Å². The monoisotopic (exact) mass is 296 g/mol. The highest BCUT2D eigenvalue weighted by Gasteiger charge is 2.61. The van der Waals surface area contributed by atoms with Crippen LogP contribution in [0.2, 0.25) is 0 Å². The fourth-order valence-corrected chi connectivity index (χ4v) is 3.51. The summed E-state index contributed by atoms with van der Waals surface area (Å²) < 4.78 is 26.8. The molecule has 5 heteroatoms. The van der Waals surface area contributed by atoms with Crippen LogP contribution in [0.3, 0.4) is 0 Å². The fourth-order valence-electron chi connectivity index (χ4n) is 3.27. The van der Waals surface area contributed by atoms with Crippen molar-refractivity contribution in [3.63, 3.8) is 0 Å². The average Bonchev–Trinajstić information content (AvgIpc) is 2.97. The van der Waals surface area contributed by atoms with Gasteiger partial charge >= 0.3 is 0 Å². The number of hydrogen-bond donors (Lipinski definition) is 1. The van der Waals surface area contributed by atoms with Crippen LogP contribution in [0.4, 0.5) is 8.78 Å². The van der Waals surface area contributed by atoms with Crippen molar-refractivity contribution in [1.82, 2.24) is 10.2 Å². The zero-order valence-corrected chi connectivity index (χ0v) is 12.3. The minimum Gasteiger partial charge on any atom is -0.363 e. The number of nitrogens with one attached hydrogen (secondary N) is 1. The highest BCUT2D eigenvalue weighted by molar-refractivity contribution is 7.80. The van der Waals surface area contributed by atoms with Crippen molar-refractivity contribution < 1.29 is 8.78 Å². The summed E-state index contributed by atoms with van der Waals surface area (Å²) in [7, 11) is 0. The molecule has 1 aromatic rings. The summed E-state index contributed by atoms with van der Waals surface area (Å²) in [4.78, 5) is 2.13. The second kappa shape index (κ2) is 4.95. The summed E-state index contributed by atoms with van der Waals surface area (Å²) in [5.74, 6) is -0.527. The van der Waals surface area contributed by atoms with Gasteiger partial charge in [0.25, 0.3) is 0 Å². The third kappa shape index (κ3) is 2.28. The molecule has 2 fully saturated rings. The molecular formula is C15H18F2N2S. The summed E-state index contributed by atoms with van der Waals surface area (Å²) in [5.41, 5.74) is 0.682. The number of thiocarbonyl (C=S) groups is 1. The van der Waals surface area contributed by atoms with Crippen LogP contribution in [0.1, 0.15) is 25.3 Å². The largest absolute Gasteiger partial charge is 0.363 e. The van der Waals surface area contributed by atoms with E-state index in [2.05, 4.69) is 17.1 Å². The molecule has 1 heterocycles. The van der Waals surface area contributed by atoms with Crippen LogP contribution in [-0.2, 0) is 5.41 Å². The van der Waals surface area contributed by atoms with Crippen molar-refractivity contribution in [3.8, 4) is 0 Å². The molecule has 1 aliphatic heterocycles. The molecule has 1 N–H and O–H groups in total. The van der Waals surface area contributed by atoms with E-state index in [4.69, 9.17) is 12.2 Å². The van der Waals surface area contributed by atoms with E-state index in [0.29, 0.717) is 5.92 Å². The Labute approximate surface area is 123 Å². The lowest BCUT2D eigenvalue weighted by molar-refractivity contribution is 0.438. The highest BCUT2D eigenvalue weighted by atomic mass is 32.1. The zero-order valence-electron chi connectivity index (χ0n) is 11.5. The van der Waals surface area contributed by atoms with Gasteiger partial charge in [-0.25, -0.2) is 8.78 Å². The molecule has 2 nitrogen and oxygen atoms in total. The summed E-state index contributed by atoms with van der Waals surface area (Å²) in [6, 6.07) is 3.86. The third-order valence-corrected chi connectivity index (χ3v) is 4.80. The van der Waals surface area contributed by atoms with Crippen molar-refractivity contribution >= 4 is 17.3 Å². The maximum atomic E-state index is 13.4. The van der Waals surface area contributed by atoms with Crippen LogP contribution >= 0.6 is 12.2 Å². The number of piperidine rings is 1. The van der Waals surface area contributed by atoms with E-state index in [-0.39, 0.29) is 5.41 Å². The number of benzene rings is 1. The van der Waals surface area contributed by atoms with Crippen molar-refractivity contribution in [2.45, 2.75) is 25.2 Å². The molecule has 20 heavy (non-hydrogen) atoms. The van der Waals surface area contributed by atoms with Crippen LogP contribution in [0.25, 0.3) is 0 Å². The van der Waals surface area contributed by atoms with Crippen LogP contribution in [0.5, 0.6) is 0 Å². The van der Waals surface area contributed by atoms with Gasteiger partial charge in [0, 0.05) is 31.1 Å². The van der Waals surface area contributed by atoms with E-state index in [1.807, 2.05) is 0 Å². The number of halogens is 2. The van der Waals surface area contributed by atoms with Crippen LogP contribution < -0.4 is 5.32 Å². The van der Waals surface area contributed by atoms with Gasteiger partial charge in [-0.3, -0.25) is 0 Å². The Bertz CT molecular complexity index is 528. The van der Waals surface area contributed by atoms with Gasteiger partial charge in [-0.15, -0.1) is 0 Å². The number of nitrogens with zero attached hydrogens (tertiary/aromatic N) is 1. The first-order valence-electron chi connectivity index (χ1n) is 7.04. The molecule has 0 radical (unpaired) electrons. The molecule has 0 spiro atoms. The molecule has 0 bridgehead atoms. The molecule has 2 aliphatic rings. The minimum atomic E-state index is -0.495. The molecule has 1 saturated carbocycles. The maximum absolute atomic E-state index is 13.4. The Morgan fingerprint density at radius 3 is 2.75 bits per heavy atom. The van der Waals surface area contributed by atoms with Gasteiger partial charge in [0.15, 0.2) is 5.11 Å². The molecule has 3 rings (SSSR count). The van der Waals surface area contributed by atoms with E-state index in [1.165, 1.54) is 12.1 Å². The highest BCUT2D eigenvalue weighted by Crippen LogP contribution is 2.59. The molecule has 1 aliphatic carbocycles. The molecule has 1 saturated heterocycles. The molecule has 0 aromatic heterocycles. The van der Waals surface area contributed by atoms with Crippen LogP contribution in [0.15, 0.2) is 18.2 Å². The summed E-state index contributed by atoms with van der Waals surface area (Å²) in [5, 5.41) is 3.98. The lowest BCUT2D eigenvalue weighted by Crippen LogP contribution is -2.40. The second-order valence-electron chi connectivity index (χ2n) is 5.83. The normalized spacial score (nSPS) is 27.4. The first-order valence-corrected chi connectivity index (χ1v) is 7.45. The maximum Gasteiger partial charge on any atom is 0.168 e. The average molecular weight is 296 g/mol. The van der Waals surface area contributed by atoms with Crippen molar-refractivity contribution in [3.05, 3.63) is 35.4 Å². The Morgan fingerprint density at radius 2 is 2.10 bits per heavy atom. The Morgan fingerprint density at radius 1 is 1.40 bits per heavy atom. The molecule has 1 aromatic carbocycles. The standard InChI is InChI=1S/C15H18F2N2S/c1-2-3-18-14(20)19-8-11-7-15(11,9-19)10-4-12(16)6-13(17)5-10/h4-6,11H,2-3,7-9H2,1H3,(H,18,20)/t11-,15+/m0/s1. The lowest BCUT2D eigenvalue weighted by atomic mass is 9.95. The Hall–Kier alpha value is -1.23. The Balaban J connectivity index is 1.75. The summed E-state index contributed by atoms with van der Waals surface area (Å²) >= 11 is 5.37. The quantitative estimate of drug-likeness (QED) is 0.864. The molecule has 0 unspecified atom stereocenters. The molecular weight excluding hydrogens is 278 g/mol. The summed E-state index contributed by atoms with van der Waals surface area (Å²) in [6.07, 6.45) is 2.03. The topological polar surface area (TPSA) is 15.3 Å². The predicted octanol–water partition coefficient (Wildman–Crippen LogP) is 2.82. The Kier molecular flexibility index (Phi) is 3.40. The van der Waals surface area contributed by atoms with E-state index in [0.717, 1.165) is 49.2 Å². The van der Waals surface area contributed by atoms with Gasteiger partial charge < -0.3 is 10.2 Å². The number of fused-ring (bicyclic) bond motifs is 1. The van der Waals surface area contributed by atoms with Gasteiger partial charge in [0.05, 0.1) is 0 Å². The van der Waals surface area contributed by atoms with E-state index < -0.39 is 11.6 Å². The summed E-state index contributed by atoms with van der Waals surface area (Å²) in [6.45, 7) is 4.60. The molecule has 2 atom stereocenters. The SMILES string of the molecule is CCCNC(=S)N1C[C@@H]2C[C@]2(c2cc(F)cc(F)c2)C1. The molecule has 0 amide bonds. The zero-order chi connectivity index (χ0) is 14.3. The van der Waals surface area contributed by atoms with Gasteiger partial charge in [0.2, 0.25) is 0 Å². The van der Waals surface area contributed by atoms with Crippen LogP contribution in [-0.4, -0.2) is 29.6 Å². The minimum absolute atomic E-state index is 0.0963. The van der Waals surface area contributed by atoms with E-state index in [1.54, 1.807) is 0 Å². The fraction of sp³-hybridized carbons (Fsp3) is 0.533. The first kappa shape index (κ1) is 13.7. The first-order chi connectivity index (χ1) is 9.55. The van der Waals surface area contributed by atoms with Crippen LogP contribution in [0, 0.1) is 17.6 Å². The van der Waals surface area contributed by atoms with Crippen molar-refractivity contribution in [1.29, 1.82) is 0 Å². The van der Waals surface area contributed by atoms with E-state index in [9.17, 15) is 8.78 Å².